The summed E-state index contributed by atoms with van der Waals surface area (Å²) in [5.41, 5.74) is 0.652. The molecule has 0 radical (unpaired) electrons. The molecule has 0 N–H and O–H groups in total. The van der Waals surface area contributed by atoms with E-state index >= 15 is 0 Å². The molecule has 1 saturated heterocycles. The van der Waals surface area contributed by atoms with Gasteiger partial charge in [0.05, 0.1) is 6.61 Å². The molecule has 0 aliphatic carbocycles. The van der Waals surface area contributed by atoms with Gasteiger partial charge in [-0.15, -0.1) is 13.2 Å². The summed E-state index contributed by atoms with van der Waals surface area (Å²) in [7, 11) is -0.567. The number of rotatable bonds is 5. The van der Waals surface area contributed by atoms with E-state index in [1.165, 1.54) is 24.3 Å². The van der Waals surface area contributed by atoms with E-state index in [0.29, 0.717) is 31.9 Å². The Morgan fingerprint density at radius 1 is 1.19 bits per heavy atom. The molecule has 1 heterocycles. The molecule has 1 aromatic carbocycles. The smallest absolute Gasteiger partial charge is 0.407 e. The number of halogens is 3. The van der Waals surface area contributed by atoms with Gasteiger partial charge < -0.3 is 18.8 Å². The van der Waals surface area contributed by atoms with Crippen molar-refractivity contribution in [3.8, 4) is 5.75 Å². The summed E-state index contributed by atoms with van der Waals surface area (Å²) < 4.78 is 56.4. The highest BCUT2D eigenvalue weighted by molar-refractivity contribution is 6.61. The third kappa shape index (κ3) is 5.22. The molecule has 21 heavy (non-hydrogen) atoms. The van der Waals surface area contributed by atoms with E-state index in [1.807, 2.05) is 6.92 Å². The summed E-state index contributed by atoms with van der Waals surface area (Å²) in [5.74, 6) is -0.0923. The molecular formula is C13H16BF3O4. The Hall–Kier alpha value is -1.25. The van der Waals surface area contributed by atoms with Crippen molar-refractivity contribution in [3.63, 3.8) is 0 Å². The van der Waals surface area contributed by atoms with E-state index in [0.717, 1.165) is 0 Å². The van der Waals surface area contributed by atoms with Gasteiger partial charge in [0.2, 0.25) is 0 Å². The molecule has 1 aliphatic heterocycles. The summed E-state index contributed by atoms with van der Waals surface area (Å²) in [4.78, 5) is 0. The molecule has 8 heteroatoms. The monoisotopic (exact) mass is 304 g/mol. The molecule has 116 valence electrons. The van der Waals surface area contributed by atoms with Crippen LogP contribution in [0.15, 0.2) is 24.3 Å². The lowest BCUT2D eigenvalue weighted by molar-refractivity contribution is -0.274. The second-order valence-electron chi connectivity index (χ2n) is 4.64. The lowest BCUT2D eigenvalue weighted by Gasteiger charge is -2.27. The molecule has 0 aromatic heterocycles. The first-order valence-corrected chi connectivity index (χ1v) is 6.64. The first-order valence-electron chi connectivity index (χ1n) is 6.64. The van der Waals surface area contributed by atoms with Crippen LogP contribution in [-0.2, 0) is 14.0 Å². The summed E-state index contributed by atoms with van der Waals surface area (Å²) in [6.45, 7) is 4.11. The van der Waals surface area contributed by atoms with Gasteiger partial charge in [-0.3, -0.25) is 0 Å². The molecule has 2 rings (SSSR count). The minimum absolute atomic E-state index is 0.175. The van der Waals surface area contributed by atoms with Crippen LogP contribution >= 0.6 is 0 Å². The Kier molecular flexibility index (Phi) is 5.49. The molecule has 0 amide bonds. The van der Waals surface area contributed by atoms with Crippen LogP contribution in [0.5, 0.6) is 5.75 Å². The fraction of sp³-hybridized carbons (Fsp3) is 0.538. The molecule has 4 nitrogen and oxygen atoms in total. The van der Waals surface area contributed by atoms with Crippen LogP contribution in [0, 0.1) is 5.92 Å². The van der Waals surface area contributed by atoms with Gasteiger partial charge in [0, 0.05) is 25.7 Å². The predicted octanol–water partition coefficient (Wildman–Crippen LogP) is 1.98. The highest BCUT2D eigenvalue weighted by Crippen LogP contribution is 2.21. The van der Waals surface area contributed by atoms with Crippen molar-refractivity contribution in [2.75, 3.05) is 26.4 Å². The summed E-state index contributed by atoms with van der Waals surface area (Å²) in [6.07, 6.45) is -4.69. The van der Waals surface area contributed by atoms with Crippen molar-refractivity contribution < 1.29 is 32.0 Å². The van der Waals surface area contributed by atoms with Crippen molar-refractivity contribution >= 4 is 12.6 Å². The van der Waals surface area contributed by atoms with E-state index in [9.17, 15) is 13.2 Å². The van der Waals surface area contributed by atoms with Crippen LogP contribution in [0.4, 0.5) is 13.2 Å². The largest absolute Gasteiger partial charge is 0.573 e. The van der Waals surface area contributed by atoms with E-state index in [-0.39, 0.29) is 11.7 Å². The second kappa shape index (κ2) is 7.15. The van der Waals surface area contributed by atoms with Gasteiger partial charge in [0.25, 0.3) is 0 Å². The number of hydrogen-bond acceptors (Lipinski definition) is 4. The van der Waals surface area contributed by atoms with Crippen molar-refractivity contribution in [3.05, 3.63) is 24.3 Å². The van der Waals surface area contributed by atoms with Crippen molar-refractivity contribution in [1.82, 2.24) is 0 Å². The van der Waals surface area contributed by atoms with Gasteiger partial charge in [-0.25, -0.2) is 0 Å². The van der Waals surface area contributed by atoms with E-state index in [1.54, 1.807) is 0 Å². The zero-order chi connectivity index (χ0) is 15.3. The Morgan fingerprint density at radius 3 is 2.33 bits per heavy atom. The van der Waals surface area contributed by atoms with Crippen LogP contribution in [0.3, 0.4) is 0 Å². The van der Waals surface area contributed by atoms with Crippen LogP contribution in [-0.4, -0.2) is 39.9 Å². The topological polar surface area (TPSA) is 36.9 Å². The third-order valence-corrected chi connectivity index (χ3v) is 2.91. The van der Waals surface area contributed by atoms with E-state index < -0.39 is 13.5 Å². The van der Waals surface area contributed by atoms with Crippen LogP contribution < -0.4 is 10.2 Å². The van der Waals surface area contributed by atoms with Crippen LogP contribution in [0.25, 0.3) is 0 Å². The van der Waals surface area contributed by atoms with Gasteiger partial charge in [0.15, 0.2) is 0 Å². The van der Waals surface area contributed by atoms with Gasteiger partial charge in [-0.1, -0.05) is 12.1 Å². The fourth-order valence-corrected chi connectivity index (χ4v) is 1.94. The average molecular weight is 304 g/mol. The zero-order valence-corrected chi connectivity index (χ0v) is 11.6. The number of benzene rings is 1. The maximum absolute atomic E-state index is 12.1. The first kappa shape index (κ1) is 16.1. The number of alkyl halides is 3. The average Bonchev–Trinajstić information content (AvgIpc) is 2.45. The standard InChI is InChI=1S/C13H16BF3O4/c1-2-18-7-10-8-19-14(20-9-10)11-3-5-12(6-4-11)21-13(15,16)17/h3-6,10H,2,7-9H2,1H3. The zero-order valence-electron chi connectivity index (χ0n) is 11.6. The number of hydrogen-bond donors (Lipinski definition) is 0. The molecular weight excluding hydrogens is 288 g/mol. The summed E-state index contributed by atoms with van der Waals surface area (Å²) in [6, 6.07) is 5.47. The summed E-state index contributed by atoms with van der Waals surface area (Å²) in [5, 5.41) is 0. The molecule has 0 atom stereocenters. The lowest BCUT2D eigenvalue weighted by Crippen LogP contribution is -2.45. The van der Waals surface area contributed by atoms with Gasteiger partial charge in [-0.05, 0) is 24.5 Å². The molecule has 0 bridgehead atoms. The minimum atomic E-state index is -4.69. The Morgan fingerprint density at radius 2 is 1.81 bits per heavy atom. The maximum Gasteiger partial charge on any atom is 0.573 e. The van der Waals surface area contributed by atoms with Crippen LogP contribution in [0.2, 0.25) is 0 Å². The fourth-order valence-electron chi connectivity index (χ4n) is 1.94. The van der Waals surface area contributed by atoms with Crippen molar-refractivity contribution in [1.29, 1.82) is 0 Å². The second-order valence-corrected chi connectivity index (χ2v) is 4.64. The molecule has 1 aromatic rings. The molecule has 1 fully saturated rings. The quantitative estimate of drug-likeness (QED) is 0.780. The highest BCUT2D eigenvalue weighted by atomic mass is 19.4. The molecule has 0 spiro atoms. The lowest BCUT2D eigenvalue weighted by atomic mass is 9.77. The Labute approximate surface area is 121 Å². The highest BCUT2D eigenvalue weighted by Gasteiger charge is 2.32. The van der Waals surface area contributed by atoms with Crippen LogP contribution in [0.1, 0.15) is 6.92 Å². The Bertz CT molecular complexity index is 430. The third-order valence-electron chi connectivity index (χ3n) is 2.91. The Balaban J connectivity index is 1.86. The minimum Gasteiger partial charge on any atom is -0.407 e. The van der Waals surface area contributed by atoms with Gasteiger partial charge in [0.1, 0.15) is 5.75 Å². The van der Waals surface area contributed by atoms with E-state index in [2.05, 4.69) is 4.74 Å². The number of ether oxygens (including phenoxy) is 2. The molecule has 0 saturated carbocycles. The van der Waals surface area contributed by atoms with Crippen molar-refractivity contribution in [2.24, 2.45) is 5.92 Å². The van der Waals surface area contributed by atoms with Gasteiger partial charge in [-0.2, -0.15) is 0 Å². The molecule has 0 unspecified atom stereocenters. The van der Waals surface area contributed by atoms with E-state index in [4.69, 9.17) is 14.0 Å². The predicted molar refractivity (Wildman–Crippen MR) is 70.4 cm³/mol. The molecule has 1 aliphatic rings. The first-order chi connectivity index (χ1) is 9.98. The SMILES string of the molecule is CCOCC1COB(c2ccc(OC(F)(F)F)cc2)OC1. The van der Waals surface area contributed by atoms with Crippen molar-refractivity contribution in [2.45, 2.75) is 13.3 Å². The summed E-state index contributed by atoms with van der Waals surface area (Å²) >= 11 is 0. The maximum atomic E-state index is 12.1. The van der Waals surface area contributed by atoms with Gasteiger partial charge >= 0.3 is 13.5 Å². The normalized spacial score (nSPS) is 17.0.